The van der Waals surface area contributed by atoms with Crippen LogP contribution in [0.25, 0.3) is 32.8 Å². The number of fused-ring (bicyclic) bond motifs is 2. The first-order chi connectivity index (χ1) is 13.2. The minimum Gasteiger partial charge on any atom is -0.358 e. The highest BCUT2D eigenvalue weighted by atomic mass is 16.1. The van der Waals surface area contributed by atoms with Gasteiger partial charge < -0.3 is 15.6 Å². The molecule has 0 aliphatic carbocycles. The van der Waals surface area contributed by atoms with Gasteiger partial charge in [-0.1, -0.05) is 48.5 Å². The Hall–Kier alpha value is -3.11. The molecule has 0 saturated carbocycles. The first kappa shape index (κ1) is 17.3. The summed E-state index contributed by atoms with van der Waals surface area (Å²) < 4.78 is 2.01. The summed E-state index contributed by atoms with van der Waals surface area (Å²) >= 11 is 0. The maximum atomic E-state index is 11.9. The summed E-state index contributed by atoms with van der Waals surface area (Å²) in [6.07, 6.45) is 2.84. The first-order valence-electron chi connectivity index (χ1n) is 9.22. The maximum Gasteiger partial charge on any atom is 0.239 e. The van der Waals surface area contributed by atoms with E-state index in [0.29, 0.717) is 13.1 Å². The Bertz CT molecular complexity index is 1120. The smallest absolute Gasteiger partial charge is 0.239 e. The van der Waals surface area contributed by atoms with E-state index < -0.39 is 0 Å². The molecule has 0 fully saturated rings. The lowest BCUT2D eigenvalue weighted by Gasteiger charge is -2.09. The van der Waals surface area contributed by atoms with Crippen molar-refractivity contribution < 1.29 is 4.79 Å². The maximum absolute atomic E-state index is 11.9. The summed E-state index contributed by atoms with van der Waals surface area (Å²) in [6, 6.07) is 21.3. The van der Waals surface area contributed by atoms with Crippen molar-refractivity contribution in [1.82, 2.24) is 9.88 Å². The number of carbonyl (C=O) groups is 1. The van der Waals surface area contributed by atoms with E-state index in [1.807, 2.05) is 4.57 Å². The summed E-state index contributed by atoms with van der Waals surface area (Å²) in [5.41, 5.74) is 10.5. The number of aromatic nitrogens is 1. The third-order valence-corrected chi connectivity index (χ3v) is 5.07. The van der Waals surface area contributed by atoms with E-state index >= 15 is 0 Å². The third-order valence-electron chi connectivity index (χ3n) is 5.07. The lowest BCUT2D eigenvalue weighted by molar-refractivity contribution is -0.121. The van der Waals surface area contributed by atoms with Gasteiger partial charge >= 0.3 is 0 Å². The largest absolute Gasteiger partial charge is 0.358 e. The molecule has 4 aromatic rings. The number of rotatable bonds is 5. The fourth-order valence-corrected chi connectivity index (χ4v) is 3.73. The van der Waals surface area contributed by atoms with Crippen LogP contribution < -0.4 is 11.1 Å². The Balaban J connectivity index is 1.88. The SMILES string of the molecule is CNC(=O)Cn1cc(CCN)c2cc(-c3cccc4ccccc34)ccc21. The van der Waals surface area contributed by atoms with E-state index in [4.69, 9.17) is 5.73 Å². The van der Waals surface area contributed by atoms with Crippen LogP contribution in [0.4, 0.5) is 0 Å². The lowest BCUT2D eigenvalue weighted by Crippen LogP contribution is -2.23. The van der Waals surface area contributed by atoms with Gasteiger partial charge in [-0.2, -0.15) is 0 Å². The Morgan fingerprint density at radius 1 is 1.04 bits per heavy atom. The average Bonchev–Trinajstić information content (AvgIpc) is 3.04. The van der Waals surface area contributed by atoms with Crippen molar-refractivity contribution in [1.29, 1.82) is 0 Å². The zero-order valence-electron chi connectivity index (χ0n) is 15.4. The van der Waals surface area contributed by atoms with Crippen molar-refractivity contribution in [2.75, 3.05) is 13.6 Å². The van der Waals surface area contributed by atoms with Gasteiger partial charge in [-0.05, 0) is 52.6 Å². The van der Waals surface area contributed by atoms with Crippen LogP contribution in [0.3, 0.4) is 0 Å². The Labute approximate surface area is 158 Å². The van der Waals surface area contributed by atoms with Crippen LogP contribution in [0.2, 0.25) is 0 Å². The standard InChI is InChI=1S/C23H23N3O/c1-25-23(27)15-26-14-18(11-12-24)21-13-17(9-10-22(21)26)20-8-4-6-16-5-2-3-7-19(16)20/h2-10,13-14H,11-12,15,24H2,1H3,(H,25,27). The van der Waals surface area contributed by atoms with Crippen LogP contribution in [-0.4, -0.2) is 24.1 Å². The molecular formula is C23H23N3O. The van der Waals surface area contributed by atoms with E-state index in [2.05, 4.69) is 72.2 Å². The van der Waals surface area contributed by atoms with Gasteiger partial charge in [0.25, 0.3) is 0 Å². The number of nitrogens with zero attached hydrogens (tertiary/aromatic N) is 1. The van der Waals surface area contributed by atoms with Gasteiger partial charge in [-0.25, -0.2) is 0 Å². The van der Waals surface area contributed by atoms with Gasteiger partial charge in [0, 0.05) is 24.1 Å². The zero-order valence-corrected chi connectivity index (χ0v) is 15.4. The van der Waals surface area contributed by atoms with Crippen molar-refractivity contribution in [2.24, 2.45) is 5.73 Å². The molecule has 1 heterocycles. The number of nitrogens with two attached hydrogens (primary N) is 1. The van der Waals surface area contributed by atoms with Crippen LogP contribution in [0, 0.1) is 0 Å². The predicted molar refractivity (Wildman–Crippen MR) is 112 cm³/mol. The van der Waals surface area contributed by atoms with E-state index in [-0.39, 0.29) is 5.91 Å². The molecule has 1 aromatic heterocycles. The molecule has 3 N–H and O–H groups in total. The summed E-state index contributed by atoms with van der Waals surface area (Å²) in [4.78, 5) is 11.9. The Kier molecular flexibility index (Phi) is 4.65. The molecule has 0 aliphatic rings. The van der Waals surface area contributed by atoms with E-state index in [0.717, 1.165) is 17.3 Å². The minimum absolute atomic E-state index is 0.00988. The van der Waals surface area contributed by atoms with Gasteiger partial charge in [0.1, 0.15) is 6.54 Å². The van der Waals surface area contributed by atoms with Gasteiger partial charge in [0.2, 0.25) is 5.91 Å². The molecule has 0 spiro atoms. The predicted octanol–water partition coefficient (Wildman–Crippen LogP) is 3.71. The number of amides is 1. The summed E-state index contributed by atoms with van der Waals surface area (Å²) in [6.45, 7) is 0.892. The van der Waals surface area contributed by atoms with E-state index in [1.54, 1.807) is 7.05 Å². The Morgan fingerprint density at radius 2 is 1.85 bits per heavy atom. The molecule has 4 nitrogen and oxygen atoms in total. The molecule has 0 bridgehead atoms. The number of hydrogen-bond acceptors (Lipinski definition) is 2. The Morgan fingerprint density at radius 3 is 2.67 bits per heavy atom. The van der Waals surface area contributed by atoms with Crippen molar-refractivity contribution in [2.45, 2.75) is 13.0 Å². The monoisotopic (exact) mass is 357 g/mol. The molecular weight excluding hydrogens is 334 g/mol. The zero-order chi connectivity index (χ0) is 18.8. The fourth-order valence-electron chi connectivity index (χ4n) is 3.73. The molecule has 0 atom stereocenters. The van der Waals surface area contributed by atoms with Crippen molar-refractivity contribution in [3.63, 3.8) is 0 Å². The van der Waals surface area contributed by atoms with Crippen molar-refractivity contribution >= 4 is 27.6 Å². The number of likely N-dealkylation sites (N-methyl/N-ethyl adjacent to an activating group) is 1. The van der Waals surface area contributed by atoms with Crippen molar-refractivity contribution in [3.8, 4) is 11.1 Å². The van der Waals surface area contributed by atoms with Crippen LogP contribution >= 0.6 is 0 Å². The quantitative estimate of drug-likeness (QED) is 0.572. The molecule has 4 rings (SSSR count). The van der Waals surface area contributed by atoms with Crippen LogP contribution in [0.5, 0.6) is 0 Å². The number of hydrogen-bond donors (Lipinski definition) is 2. The van der Waals surface area contributed by atoms with Gasteiger partial charge in [0.15, 0.2) is 0 Å². The second kappa shape index (κ2) is 7.25. The number of benzene rings is 3. The molecule has 136 valence electrons. The summed E-state index contributed by atoms with van der Waals surface area (Å²) in [7, 11) is 1.66. The molecule has 0 saturated heterocycles. The van der Waals surface area contributed by atoms with Crippen LogP contribution in [0.1, 0.15) is 5.56 Å². The second-order valence-corrected chi connectivity index (χ2v) is 6.75. The summed E-state index contributed by atoms with van der Waals surface area (Å²) in [5.74, 6) is -0.00988. The van der Waals surface area contributed by atoms with Crippen LogP contribution in [0.15, 0.2) is 66.9 Å². The molecule has 0 aliphatic heterocycles. The van der Waals surface area contributed by atoms with E-state index in [1.165, 1.54) is 27.5 Å². The molecule has 3 aromatic carbocycles. The minimum atomic E-state index is -0.00988. The molecule has 1 amide bonds. The van der Waals surface area contributed by atoms with Gasteiger partial charge in [-0.15, -0.1) is 0 Å². The van der Waals surface area contributed by atoms with Crippen molar-refractivity contribution in [3.05, 3.63) is 72.4 Å². The second-order valence-electron chi connectivity index (χ2n) is 6.75. The normalized spacial score (nSPS) is 11.2. The van der Waals surface area contributed by atoms with Crippen LogP contribution in [-0.2, 0) is 17.8 Å². The third kappa shape index (κ3) is 3.20. The molecule has 0 radical (unpaired) electrons. The highest BCUT2D eigenvalue weighted by Crippen LogP contribution is 2.32. The molecule has 0 unspecified atom stereocenters. The molecule has 27 heavy (non-hydrogen) atoms. The topological polar surface area (TPSA) is 60.0 Å². The van der Waals surface area contributed by atoms with E-state index in [9.17, 15) is 4.79 Å². The lowest BCUT2D eigenvalue weighted by atomic mass is 9.96. The first-order valence-corrected chi connectivity index (χ1v) is 9.22. The van der Waals surface area contributed by atoms with Gasteiger partial charge in [0.05, 0.1) is 0 Å². The molecule has 4 heteroatoms. The summed E-state index contributed by atoms with van der Waals surface area (Å²) in [5, 5.41) is 6.33. The number of nitrogens with one attached hydrogen (secondary N) is 1. The number of carbonyl (C=O) groups excluding carboxylic acids is 1. The fraction of sp³-hybridized carbons (Fsp3) is 0.174. The highest BCUT2D eigenvalue weighted by molar-refractivity contribution is 5.99. The van der Waals surface area contributed by atoms with Gasteiger partial charge in [-0.3, -0.25) is 4.79 Å². The highest BCUT2D eigenvalue weighted by Gasteiger charge is 2.12. The average molecular weight is 357 g/mol.